The molecule has 2 rings (SSSR count). The molecule has 0 aliphatic heterocycles. The van der Waals surface area contributed by atoms with E-state index in [-0.39, 0.29) is 11.8 Å². The highest BCUT2D eigenvalue weighted by atomic mass is 16.5. The Morgan fingerprint density at radius 2 is 1.74 bits per heavy atom. The number of methoxy groups -OCH3 is 1. The predicted molar refractivity (Wildman–Crippen MR) is 105 cm³/mol. The zero-order chi connectivity index (χ0) is 19.8. The fourth-order valence-corrected chi connectivity index (χ4v) is 2.71. The minimum Gasteiger partial charge on any atom is -0.493 e. The summed E-state index contributed by atoms with van der Waals surface area (Å²) in [7, 11) is 1.60. The van der Waals surface area contributed by atoms with E-state index in [0.717, 1.165) is 5.56 Å². The molecule has 0 unspecified atom stereocenters. The van der Waals surface area contributed by atoms with Gasteiger partial charge in [-0.25, -0.2) is 0 Å². The Kier molecular flexibility index (Phi) is 7.23. The van der Waals surface area contributed by atoms with Crippen molar-refractivity contribution in [2.24, 2.45) is 0 Å². The van der Waals surface area contributed by atoms with Gasteiger partial charge in [-0.3, -0.25) is 9.59 Å². The highest BCUT2D eigenvalue weighted by molar-refractivity contribution is 5.95. The molecule has 0 aliphatic rings. The van der Waals surface area contributed by atoms with Crippen LogP contribution in [-0.2, 0) is 11.3 Å². The van der Waals surface area contributed by atoms with E-state index in [1.165, 1.54) is 6.92 Å². The van der Waals surface area contributed by atoms with E-state index < -0.39 is 0 Å². The van der Waals surface area contributed by atoms with Crippen LogP contribution in [0.15, 0.2) is 42.5 Å². The molecule has 0 atom stereocenters. The van der Waals surface area contributed by atoms with Gasteiger partial charge in [-0.05, 0) is 55.8 Å². The Labute approximate surface area is 160 Å². The van der Waals surface area contributed by atoms with E-state index in [9.17, 15) is 9.59 Å². The lowest BCUT2D eigenvalue weighted by atomic mass is 10.1. The Bertz CT molecular complexity index is 787. The molecule has 0 aliphatic carbocycles. The second-order valence-electron chi connectivity index (χ2n) is 6.00. The van der Waals surface area contributed by atoms with E-state index in [2.05, 4.69) is 5.32 Å². The van der Waals surface area contributed by atoms with E-state index in [1.807, 2.05) is 32.0 Å². The molecule has 6 nitrogen and oxygen atoms in total. The largest absolute Gasteiger partial charge is 0.493 e. The normalized spacial score (nSPS) is 10.2. The van der Waals surface area contributed by atoms with Crippen LogP contribution < -0.4 is 14.8 Å². The van der Waals surface area contributed by atoms with Gasteiger partial charge in [-0.15, -0.1) is 0 Å². The second-order valence-corrected chi connectivity index (χ2v) is 6.00. The number of hydrogen-bond acceptors (Lipinski definition) is 4. The molecule has 2 aromatic rings. The highest BCUT2D eigenvalue weighted by Gasteiger charge is 2.16. The summed E-state index contributed by atoms with van der Waals surface area (Å²) in [4.78, 5) is 25.7. The van der Waals surface area contributed by atoms with Crippen LogP contribution in [0.25, 0.3) is 0 Å². The molecule has 0 bridgehead atoms. The van der Waals surface area contributed by atoms with Crippen molar-refractivity contribution in [3.63, 3.8) is 0 Å². The Morgan fingerprint density at radius 1 is 1.04 bits per heavy atom. The second kappa shape index (κ2) is 9.62. The molecule has 1 N–H and O–H groups in total. The number of ether oxygens (including phenoxy) is 2. The van der Waals surface area contributed by atoms with Crippen LogP contribution in [0.3, 0.4) is 0 Å². The predicted octanol–water partition coefficient (Wildman–Crippen LogP) is 3.71. The van der Waals surface area contributed by atoms with Crippen LogP contribution in [0, 0.1) is 0 Å². The number of nitrogens with zero attached hydrogens (tertiary/aromatic N) is 1. The van der Waals surface area contributed by atoms with Crippen molar-refractivity contribution < 1.29 is 19.1 Å². The Balaban J connectivity index is 2.14. The summed E-state index contributed by atoms with van der Waals surface area (Å²) in [5, 5.41) is 2.69. The van der Waals surface area contributed by atoms with Gasteiger partial charge in [0.2, 0.25) is 5.91 Å². The van der Waals surface area contributed by atoms with E-state index in [1.54, 1.807) is 36.3 Å². The van der Waals surface area contributed by atoms with Gasteiger partial charge >= 0.3 is 0 Å². The quantitative estimate of drug-likeness (QED) is 0.769. The first-order valence-corrected chi connectivity index (χ1v) is 8.95. The van der Waals surface area contributed by atoms with Crippen LogP contribution in [-0.4, -0.2) is 37.0 Å². The maximum absolute atomic E-state index is 12.8. The van der Waals surface area contributed by atoms with Crippen molar-refractivity contribution in [2.75, 3.05) is 25.6 Å². The molecule has 0 radical (unpaired) electrons. The molecule has 0 fully saturated rings. The summed E-state index contributed by atoms with van der Waals surface area (Å²) >= 11 is 0. The SMILES string of the molecule is CCOc1ccc(CN(CC)C(=O)c2ccc(NC(C)=O)cc2)cc1OC. The summed E-state index contributed by atoms with van der Waals surface area (Å²) in [6.45, 7) is 6.90. The fraction of sp³-hybridized carbons (Fsp3) is 0.333. The number of hydrogen-bond donors (Lipinski definition) is 1. The molecular weight excluding hydrogens is 344 g/mol. The molecule has 0 saturated carbocycles. The first kappa shape index (κ1) is 20.3. The van der Waals surface area contributed by atoms with Crippen LogP contribution in [0.4, 0.5) is 5.69 Å². The van der Waals surface area contributed by atoms with Crippen molar-refractivity contribution in [1.29, 1.82) is 0 Å². The average molecular weight is 370 g/mol. The van der Waals surface area contributed by atoms with Crippen LogP contribution in [0.5, 0.6) is 11.5 Å². The van der Waals surface area contributed by atoms with Crippen LogP contribution in [0.2, 0.25) is 0 Å². The van der Waals surface area contributed by atoms with Crippen molar-refractivity contribution in [3.8, 4) is 11.5 Å². The van der Waals surface area contributed by atoms with Gasteiger partial charge in [0.1, 0.15) is 0 Å². The number of benzene rings is 2. The highest BCUT2D eigenvalue weighted by Crippen LogP contribution is 2.28. The number of amides is 2. The smallest absolute Gasteiger partial charge is 0.254 e. The first-order chi connectivity index (χ1) is 13.0. The monoisotopic (exact) mass is 370 g/mol. The lowest BCUT2D eigenvalue weighted by Gasteiger charge is -2.22. The zero-order valence-corrected chi connectivity index (χ0v) is 16.2. The summed E-state index contributed by atoms with van der Waals surface area (Å²) in [6.07, 6.45) is 0. The molecule has 0 saturated heterocycles. The molecule has 144 valence electrons. The van der Waals surface area contributed by atoms with Crippen molar-refractivity contribution in [2.45, 2.75) is 27.3 Å². The van der Waals surface area contributed by atoms with Crippen LogP contribution in [0.1, 0.15) is 36.7 Å². The minimum atomic E-state index is -0.145. The lowest BCUT2D eigenvalue weighted by molar-refractivity contribution is -0.114. The van der Waals surface area contributed by atoms with Gasteiger partial charge in [0.05, 0.1) is 13.7 Å². The van der Waals surface area contributed by atoms with Crippen molar-refractivity contribution in [3.05, 3.63) is 53.6 Å². The lowest BCUT2D eigenvalue weighted by Crippen LogP contribution is -2.30. The molecule has 6 heteroatoms. The molecule has 27 heavy (non-hydrogen) atoms. The van der Waals surface area contributed by atoms with E-state index in [4.69, 9.17) is 9.47 Å². The summed E-state index contributed by atoms with van der Waals surface area (Å²) in [6, 6.07) is 12.6. The fourth-order valence-electron chi connectivity index (χ4n) is 2.71. The van der Waals surface area contributed by atoms with Gasteiger partial charge in [0, 0.05) is 31.3 Å². The number of rotatable bonds is 8. The third-order valence-electron chi connectivity index (χ3n) is 4.02. The van der Waals surface area contributed by atoms with Crippen molar-refractivity contribution >= 4 is 17.5 Å². The zero-order valence-electron chi connectivity index (χ0n) is 16.2. The Hall–Kier alpha value is -3.02. The first-order valence-electron chi connectivity index (χ1n) is 8.95. The molecule has 2 aromatic carbocycles. The molecule has 0 heterocycles. The number of carbonyl (C=O) groups excluding carboxylic acids is 2. The summed E-state index contributed by atoms with van der Waals surface area (Å²) < 4.78 is 10.9. The number of carbonyl (C=O) groups is 2. The van der Waals surface area contributed by atoms with E-state index >= 15 is 0 Å². The summed E-state index contributed by atoms with van der Waals surface area (Å²) in [5.41, 5.74) is 2.20. The number of anilines is 1. The summed E-state index contributed by atoms with van der Waals surface area (Å²) in [5.74, 6) is 1.12. The molecular formula is C21H26N2O4. The van der Waals surface area contributed by atoms with Crippen LogP contribution >= 0.6 is 0 Å². The van der Waals surface area contributed by atoms with E-state index in [0.29, 0.717) is 42.4 Å². The van der Waals surface area contributed by atoms with Gasteiger partial charge in [-0.2, -0.15) is 0 Å². The maximum Gasteiger partial charge on any atom is 0.254 e. The average Bonchev–Trinajstić information content (AvgIpc) is 2.67. The third-order valence-corrected chi connectivity index (χ3v) is 4.02. The van der Waals surface area contributed by atoms with Gasteiger partial charge in [-0.1, -0.05) is 6.07 Å². The molecule has 0 aromatic heterocycles. The topological polar surface area (TPSA) is 67.9 Å². The van der Waals surface area contributed by atoms with Gasteiger partial charge < -0.3 is 19.7 Å². The van der Waals surface area contributed by atoms with Gasteiger partial charge in [0.15, 0.2) is 11.5 Å². The standard InChI is InChI=1S/C21H26N2O4/c1-5-23(14-16-7-12-19(27-6-2)20(13-16)26-4)21(25)17-8-10-18(11-9-17)22-15(3)24/h7-13H,5-6,14H2,1-4H3,(H,22,24). The van der Waals surface area contributed by atoms with Crippen molar-refractivity contribution in [1.82, 2.24) is 4.90 Å². The minimum absolute atomic E-state index is 0.0697. The maximum atomic E-state index is 12.8. The molecule has 0 spiro atoms. The molecule has 2 amide bonds. The Morgan fingerprint density at radius 3 is 2.30 bits per heavy atom. The number of nitrogens with one attached hydrogen (secondary N) is 1. The van der Waals surface area contributed by atoms with Gasteiger partial charge in [0.25, 0.3) is 5.91 Å². The third kappa shape index (κ3) is 5.48.